The smallest absolute Gasteiger partial charge is 0.285 e. The highest BCUT2D eigenvalue weighted by Gasteiger charge is 2.26. The van der Waals surface area contributed by atoms with Crippen LogP contribution in [0.2, 0.25) is 0 Å². The molecule has 1 amide bonds. The van der Waals surface area contributed by atoms with Crippen molar-refractivity contribution in [2.24, 2.45) is 0 Å². The zero-order chi connectivity index (χ0) is 15.3. The Hall–Kier alpha value is -2.02. The van der Waals surface area contributed by atoms with Crippen molar-refractivity contribution in [2.45, 2.75) is 26.3 Å². The molecule has 0 fully saturated rings. The maximum atomic E-state index is 13.1. The van der Waals surface area contributed by atoms with Gasteiger partial charge in [-0.15, -0.1) is 0 Å². The van der Waals surface area contributed by atoms with Crippen LogP contribution in [0.15, 0.2) is 18.2 Å². The molecule has 0 aromatic heterocycles. The van der Waals surface area contributed by atoms with Crippen LogP contribution in [0.3, 0.4) is 0 Å². The van der Waals surface area contributed by atoms with Gasteiger partial charge in [0.25, 0.3) is 11.6 Å². The summed E-state index contributed by atoms with van der Waals surface area (Å²) in [7, 11) is 0. The van der Waals surface area contributed by atoms with Crippen LogP contribution in [-0.4, -0.2) is 40.0 Å². The Morgan fingerprint density at radius 2 is 2.15 bits per heavy atom. The molecule has 0 spiro atoms. The van der Waals surface area contributed by atoms with Gasteiger partial charge in [0.05, 0.1) is 11.0 Å². The van der Waals surface area contributed by atoms with Crippen molar-refractivity contribution in [1.29, 1.82) is 0 Å². The van der Waals surface area contributed by atoms with Crippen molar-refractivity contribution in [3.63, 3.8) is 0 Å². The third kappa shape index (κ3) is 3.74. The Morgan fingerprint density at radius 1 is 1.50 bits per heavy atom. The molecule has 0 aliphatic carbocycles. The molecule has 0 saturated carbocycles. The number of aliphatic hydroxyl groups excluding tert-OH is 1. The molecule has 20 heavy (non-hydrogen) atoms. The van der Waals surface area contributed by atoms with E-state index in [1.165, 1.54) is 4.90 Å². The summed E-state index contributed by atoms with van der Waals surface area (Å²) in [6, 6.07) is 2.69. The molecule has 0 atom stereocenters. The van der Waals surface area contributed by atoms with Crippen LogP contribution in [0.5, 0.6) is 0 Å². The predicted molar refractivity (Wildman–Crippen MR) is 70.9 cm³/mol. The van der Waals surface area contributed by atoms with E-state index < -0.39 is 22.3 Å². The molecule has 110 valence electrons. The van der Waals surface area contributed by atoms with E-state index in [-0.39, 0.29) is 24.8 Å². The van der Waals surface area contributed by atoms with Gasteiger partial charge in [0.2, 0.25) is 0 Å². The van der Waals surface area contributed by atoms with Crippen molar-refractivity contribution < 1.29 is 19.2 Å². The zero-order valence-electron chi connectivity index (χ0n) is 11.4. The largest absolute Gasteiger partial charge is 0.396 e. The van der Waals surface area contributed by atoms with Gasteiger partial charge in [-0.25, -0.2) is 4.39 Å². The number of nitro groups is 1. The van der Waals surface area contributed by atoms with E-state index in [4.69, 9.17) is 5.11 Å². The second kappa shape index (κ2) is 6.95. The number of hydrogen-bond donors (Lipinski definition) is 1. The summed E-state index contributed by atoms with van der Waals surface area (Å²) in [6.45, 7) is 3.73. The summed E-state index contributed by atoms with van der Waals surface area (Å²) in [5.41, 5.74) is -0.701. The zero-order valence-corrected chi connectivity index (χ0v) is 11.4. The molecule has 7 heteroatoms. The lowest BCUT2D eigenvalue weighted by Gasteiger charge is -2.26. The monoisotopic (exact) mass is 284 g/mol. The van der Waals surface area contributed by atoms with Gasteiger partial charge in [0, 0.05) is 19.2 Å². The molecule has 1 rings (SSSR count). The second-order valence-corrected chi connectivity index (χ2v) is 4.59. The first kappa shape index (κ1) is 16.0. The van der Waals surface area contributed by atoms with Crippen LogP contribution >= 0.6 is 0 Å². The predicted octanol–water partition coefficient (Wildman–Crippen LogP) is 1.97. The topological polar surface area (TPSA) is 83.7 Å². The van der Waals surface area contributed by atoms with Gasteiger partial charge in [-0.05, 0) is 32.4 Å². The van der Waals surface area contributed by atoms with Crippen molar-refractivity contribution in [2.75, 3.05) is 13.2 Å². The maximum Gasteiger partial charge on any atom is 0.285 e. The standard InChI is InChI=1S/C13H17FN2O4/c1-9(2)15(6-3-7-17)13(18)11-5-4-10(14)8-12(11)16(19)20/h4-5,8-9,17H,3,6-7H2,1-2H3. The lowest BCUT2D eigenvalue weighted by atomic mass is 10.1. The molecule has 0 heterocycles. The van der Waals surface area contributed by atoms with E-state index in [0.29, 0.717) is 6.42 Å². The normalized spacial score (nSPS) is 10.7. The average molecular weight is 284 g/mol. The van der Waals surface area contributed by atoms with Gasteiger partial charge in [-0.3, -0.25) is 14.9 Å². The van der Waals surface area contributed by atoms with Crippen molar-refractivity contribution in [3.05, 3.63) is 39.7 Å². The molecular weight excluding hydrogens is 267 g/mol. The number of benzene rings is 1. The van der Waals surface area contributed by atoms with Gasteiger partial charge in [0.15, 0.2) is 0 Å². The number of amides is 1. The van der Waals surface area contributed by atoms with E-state index in [9.17, 15) is 19.3 Å². The Bertz CT molecular complexity index is 505. The van der Waals surface area contributed by atoms with E-state index in [1.807, 2.05) is 0 Å². The maximum absolute atomic E-state index is 13.1. The lowest BCUT2D eigenvalue weighted by molar-refractivity contribution is -0.385. The summed E-state index contributed by atoms with van der Waals surface area (Å²) < 4.78 is 13.1. The summed E-state index contributed by atoms with van der Waals surface area (Å²) in [4.78, 5) is 23.9. The first-order chi connectivity index (χ1) is 9.38. The molecule has 0 bridgehead atoms. The minimum Gasteiger partial charge on any atom is -0.396 e. The Balaban J connectivity index is 3.14. The van der Waals surface area contributed by atoms with E-state index in [2.05, 4.69) is 0 Å². The van der Waals surface area contributed by atoms with E-state index in [0.717, 1.165) is 18.2 Å². The van der Waals surface area contributed by atoms with Crippen LogP contribution in [-0.2, 0) is 0 Å². The first-order valence-corrected chi connectivity index (χ1v) is 6.24. The summed E-state index contributed by atoms with van der Waals surface area (Å²) >= 11 is 0. The number of halogens is 1. The molecule has 0 aliphatic rings. The highest BCUT2D eigenvalue weighted by molar-refractivity contribution is 5.98. The minimum absolute atomic E-state index is 0.0813. The number of nitrogens with zero attached hydrogens (tertiary/aromatic N) is 2. The minimum atomic E-state index is -0.777. The van der Waals surface area contributed by atoms with Crippen molar-refractivity contribution in [3.8, 4) is 0 Å². The second-order valence-electron chi connectivity index (χ2n) is 4.59. The molecule has 0 saturated heterocycles. The summed E-state index contributed by atoms with van der Waals surface area (Å²) in [5.74, 6) is -1.31. The SMILES string of the molecule is CC(C)N(CCCO)C(=O)c1ccc(F)cc1[N+](=O)[O-]. The summed E-state index contributed by atoms with van der Waals surface area (Å²) in [6.07, 6.45) is 0.374. The third-order valence-electron chi connectivity index (χ3n) is 2.83. The molecule has 0 unspecified atom stereocenters. The van der Waals surface area contributed by atoms with Crippen molar-refractivity contribution >= 4 is 11.6 Å². The first-order valence-electron chi connectivity index (χ1n) is 6.24. The number of aliphatic hydroxyl groups is 1. The number of rotatable bonds is 6. The molecule has 1 N–H and O–H groups in total. The molecule has 1 aromatic rings. The fourth-order valence-corrected chi connectivity index (χ4v) is 1.83. The summed E-state index contributed by atoms with van der Waals surface area (Å²) in [5, 5.41) is 19.7. The van der Waals surface area contributed by atoms with E-state index in [1.54, 1.807) is 13.8 Å². The van der Waals surface area contributed by atoms with Gasteiger partial charge in [0.1, 0.15) is 11.4 Å². The van der Waals surface area contributed by atoms with Gasteiger partial charge in [-0.1, -0.05) is 0 Å². The molecule has 6 nitrogen and oxygen atoms in total. The van der Waals surface area contributed by atoms with Crippen LogP contribution in [0.1, 0.15) is 30.6 Å². The Kier molecular flexibility index (Phi) is 5.57. The number of carbonyl (C=O) groups is 1. The van der Waals surface area contributed by atoms with Crippen molar-refractivity contribution in [1.82, 2.24) is 4.90 Å². The molecule has 1 aromatic carbocycles. The Morgan fingerprint density at radius 3 is 2.65 bits per heavy atom. The van der Waals surface area contributed by atoms with Gasteiger partial charge < -0.3 is 10.0 Å². The lowest BCUT2D eigenvalue weighted by Crippen LogP contribution is -2.38. The van der Waals surface area contributed by atoms with Gasteiger partial charge in [-0.2, -0.15) is 0 Å². The Labute approximate surface area is 116 Å². The number of carbonyl (C=O) groups excluding carboxylic acids is 1. The van der Waals surface area contributed by atoms with Crippen LogP contribution in [0, 0.1) is 15.9 Å². The highest BCUT2D eigenvalue weighted by Crippen LogP contribution is 2.22. The fourth-order valence-electron chi connectivity index (χ4n) is 1.83. The van der Waals surface area contributed by atoms with Gasteiger partial charge >= 0.3 is 0 Å². The third-order valence-corrected chi connectivity index (χ3v) is 2.83. The fraction of sp³-hybridized carbons (Fsp3) is 0.462. The molecule has 0 aliphatic heterocycles. The average Bonchev–Trinajstić information content (AvgIpc) is 2.38. The van der Waals surface area contributed by atoms with Crippen LogP contribution in [0.25, 0.3) is 0 Å². The van der Waals surface area contributed by atoms with Crippen LogP contribution < -0.4 is 0 Å². The van der Waals surface area contributed by atoms with Crippen LogP contribution in [0.4, 0.5) is 10.1 Å². The highest BCUT2D eigenvalue weighted by atomic mass is 19.1. The number of hydrogen-bond acceptors (Lipinski definition) is 4. The van der Waals surface area contributed by atoms with E-state index >= 15 is 0 Å². The quantitative estimate of drug-likeness (QED) is 0.639. The number of nitro benzene ring substituents is 1. The molecule has 0 radical (unpaired) electrons. The molecular formula is C13H17FN2O4.